The molecule has 3 aromatic heterocycles. The monoisotopic (exact) mass is 426 g/mol. The van der Waals surface area contributed by atoms with E-state index in [-0.39, 0.29) is 6.10 Å². The highest BCUT2D eigenvalue weighted by atomic mass is 16.6. The van der Waals surface area contributed by atoms with E-state index in [4.69, 9.17) is 14.2 Å². The summed E-state index contributed by atoms with van der Waals surface area (Å²) in [7, 11) is 1.87. The van der Waals surface area contributed by atoms with E-state index < -0.39 is 0 Å². The fraction of sp³-hybridized carbons (Fsp3) is 0.240. The maximum absolute atomic E-state index is 6.11. The largest absolute Gasteiger partial charge is 0.484 e. The number of nitrogens with zero attached hydrogens (tertiary/aromatic N) is 4. The Kier molecular flexibility index (Phi) is 4.52. The van der Waals surface area contributed by atoms with Crippen molar-refractivity contribution in [2.24, 2.45) is 7.05 Å². The Morgan fingerprint density at radius 3 is 2.59 bits per heavy atom. The Balaban J connectivity index is 1.17. The van der Waals surface area contributed by atoms with Gasteiger partial charge in [-0.25, -0.2) is 4.98 Å². The molecule has 0 bridgehead atoms. The van der Waals surface area contributed by atoms with E-state index in [1.165, 1.54) is 18.4 Å². The van der Waals surface area contributed by atoms with Crippen LogP contribution in [-0.2, 0) is 7.05 Å². The lowest BCUT2D eigenvalue weighted by Gasteiger charge is -2.26. The molecule has 1 fully saturated rings. The number of hydrogen-bond acceptors (Lipinski definition) is 6. The number of fused-ring (bicyclic) bond motifs is 1. The van der Waals surface area contributed by atoms with Gasteiger partial charge in [-0.05, 0) is 36.0 Å². The minimum absolute atomic E-state index is 0.169. The number of hydrogen-bond donors (Lipinski definition) is 0. The molecule has 0 N–H and O–H groups in total. The van der Waals surface area contributed by atoms with Gasteiger partial charge in [0.1, 0.15) is 18.1 Å². The third-order valence-corrected chi connectivity index (χ3v) is 5.76. The fourth-order valence-corrected chi connectivity index (χ4v) is 3.88. The van der Waals surface area contributed by atoms with E-state index in [0.717, 1.165) is 22.7 Å². The zero-order valence-electron chi connectivity index (χ0n) is 17.6. The summed E-state index contributed by atoms with van der Waals surface area (Å²) in [6.45, 7) is 0.432. The summed E-state index contributed by atoms with van der Waals surface area (Å²) in [5.74, 6) is 3.03. The van der Waals surface area contributed by atoms with Crippen LogP contribution in [0.25, 0.3) is 11.3 Å². The molecule has 0 saturated heterocycles. The van der Waals surface area contributed by atoms with Crippen LogP contribution >= 0.6 is 0 Å². The lowest BCUT2D eigenvalue weighted by Crippen LogP contribution is -2.22. The SMILES string of the molecule is Cn1cc(-c2cc(Oc3cnc4c(c3)OC[C@@H](c3ccc(C5CC5)cc3)O4)ccn2)cn1. The van der Waals surface area contributed by atoms with Crippen LogP contribution in [0.3, 0.4) is 0 Å². The maximum atomic E-state index is 6.11. The minimum Gasteiger partial charge on any atom is -0.484 e. The first-order chi connectivity index (χ1) is 15.7. The topological polar surface area (TPSA) is 71.3 Å². The van der Waals surface area contributed by atoms with Gasteiger partial charge in [0.2, 0.25) is 0 Å². The highest BCUT2D eigenvalue weighted by molar-refractivity contribution is 5.59. The molecule has 4 aromatic rings. The highest BCUT2D eigenvalue weighted by Crippen LogP contribution is 2.41. The molecule has 1 aromatic carbocycles. The number of benzene rings is 1. The van der Waals surface area contributed by atoms with Gasteiger partial charge in [-0.2, -0.15) is 5.10 Å². The Bertz CT molecular complexity index is 1260. The normalized spacial score (nSPS) is 17.2. The summed E-state index contributed by atoms with van der Waals surface area (Å²) in [6.07, 6.45) is 9.47. The molecule has 32 heavy (non-hydrogen) atoms. The lowest BCUT2D eigenvalue weighted by molar-refractivity contribution is 0.0847. The van der Waals surface area contributed by atoms with Crippen molar-refractivity contribution in [3.05, 3.63) is 78.4 Å². The van der Waals surface area contributed by atoms with Crippen LogP contribution in [0.5, 0.6) is 23.1 Å². The molecule has 160 valence electrons. The maximum Gasteiger partial charge on any atom is 0.258 e. The lowest BCUT2D eigenvalue weighted by atomic mass is 10.0. The second-order valence-electron chi connectivity index (χ2n) is 8.21. The number of ether oxygens (including phenoxy) is 3. The van der Waals surface area contributed by atoms with E-state index in [1.807, 2.05) is 19.3 Å². The highest BCUT2D eigenvalue weighted by Gasteiger charge is 2.26. The average molecular weight is 426 g/mol. The van der Waals surface area contributed by atoms with Crippen LogP contribution in [0.4, 0.5) is 0 Å². The van der Waals surface area contributed by atoms with Gasteiger partial charge >= 0.3 is 0 Å². The molecular weight excluding hydrogens is 404 g/mol. The summed E-state index contributed by atoms with van der Waals surface area (Å²) in [4.78, 5) is 8.83. The third-order valence-electron chi connectivity index (χ3n) is 5.76. The molecule has 0 spiro atoms. The standard InChI is InChI=1S/C25H22N4O3/c1-29-14-19(12-28-29)22-10-20(8-9-26-22)31-21-11-23-25(27-13-21)32-24(15-30-23)18-6-4-17(5-7-18)16-2-3-16/h4-14,16,24H,2-3,15H2,1H3/t24-/m0/s1. The van der Waals surface area contributed by atoms with Crippen molar-refractivity contribution >= 4 is 0 Å². The van der Waals surface area contributed by atoms with Crippen molar-refractivity contribution in [1.82, 2.24) is 19.7 Å². The van der Waals surface area contributed by atoms with Crippen LogP contribution in [-0.4, -0.2) is 26.4 Å². The second-order valence-corrected chi connectivity index (χ2v) is 8.21. The van der Waals surface area contributed by atoms with Crippen LogP contribution < -0.4 is 14.2 Å². The van der Waals surface area contributed by atoms with E-state index in [0.29, 0.717) is 29.7 Å². The molecule has 7 heteroatoms. The minimum atomic E-state index is -0.169. The quantitative estimate of drug-likeness (QED) is 0.444. The van der Waals surface area contributed by atoms with Crippen LogP contribution in [0.2, 0.25) is 0 Å². The Morgan fingerprint density at radius 2 is 1.81 bits per heavy atom. The molecule has 4 heterocycles. The summed E-state index contributed by atoms with van der Waals surface area (Å²) in [5, 5.41) is 4.19. The van der Waals surface area contributed by atoms with Crippen molar-refractivity contribution in [2.45, 2.75) is 24.9 Å². The predicted octanol–water partition coefficient (Wildman–Crippen LogP) is 5.06. The number of rotatable bonds is 5. The van der Waals surface area contributed by atoms with Crippen molar-refractivity contribution in [3.8, 4) is 34.4 Å². The Morgan fingerprint density at radius 1 is 0.969 bits per heavy atom. The first-order valence-electron chi connectivity index (χ1n) is 10.7. The van der Waals surface area contributed by atoms with Gasteiger partial charge in [-0.15, -0.1) is 0 Å². The number of pyridine rings is 2. The predicted molar refractivity (Wildman–Crippen MR) is 118 cm³/mol. The van der Waals surface area contributed by atoms with Crippen molar-refractivity contribution < 1.29 is 14.2 Å². The molecule has 6 rings (SSSR count). The van der Waals surface area contributed by atoms with Crippen molar-refractivity contribution in [1.29, 1.82) is 0 Å². The van der Waals surface area contributed by atoms with Crippen molar-refractivity contribution in [2.75, 3.05) is 6.61 Å². The molecular formula is C25H22N4O3. The summed E-state index contributed by atoms with van der Waals surface area (Å²) >= 11 is 0. The average Bonchev–Trinajstić information content (AvgIpc) is 3.59. The van der Waals surface area contributed by atoms with Crippen LogP contribution in [0, 0.1) is 0 Å². The van der Waals surface area contributed by atoms with Crippen LogP contribution in [0.15, 0.2) is 67.3 Å². The molecule has 1 saturated carbocycles. The second kappa shape index (κ2) is 7.67. The molecule has 2 aliphatic rings. The number of aromatic nitrogens is 4. The van der Waals surface area contributed by atoms with E-state index in [2.05, 4.69) is 39.3 Å². The smallest absolute Gasteiger partial charge is 0.258 e. The van der Waals surface area contributed by atoms with E-state index in [1.54, 1.807) is 35.4 Å². The van der Waals surface area contributed by atoms with Gasteiger partial charge in [-0.3, -0.25) is 9.67 Å². The molecule has 0 amide bonds. The Hall–Kier alpha value is -3.87. The van der Waals surface area contributed by atoms with Crippen molar-refractivity contribution in [3.63, 3.8) is 0 Å². The van der Waals surface area contributed by atoms with E-state index >= 15 is 0 Å². The van der Waals surface area contributed by atoms with Gasteiger partial charge in [0, 0.05) is 37.1 Å². The first kappa shape index (κ1) is 18.9. The van der Waals surface area contributed by atoms with Crippen LogP contribution in [0.1, 0.15) is 36.0 Å². The zero-order chi connectivity index (χ0) is 21.5. The molecule has 0 unspecified atom stereocenters. The van der Waals surface area contributed by atoms with Gasteiger partial charge in [0.15, 0.2) is 11.9 Å². The molecule has 1 aliphatic heterocycles. The van der Waals surface area contributed by atoms with Gasteiger partial charge < -0.3 is 14.2 Å². The Labute approximate surface area is 185 Å². The summed E-state index contributed by atoms with van der Waals surface area (Å²) in [5.41, 5.74) is 4.22. The van der Waals surface area contributed by atoms with E-state index in [9.17, 15) is 0 Å². The molecule has 7 nitrogen and oxygen atoms in total. The first-order valence-corrected chi connectivity index (χ1v) is 10.7. The molecule has 1 aliphatic carbocycles. The molecule has 0 radical (unpaired) electrons. The van der Waals surface area contributed by atoms with Gasteiger partial charge in [0.05, 0.1) is 18.1 Å². The summed E-state index contributed by atoms with van der Waals surface area (Å²) in [6, 6.07) is 14.1. The summed E-state index contributed by atoms with van der Waals surface area (Å²) < 4.78 is 19.8. The van der Waals surface area contributed by atoms with Gasteiger partial charge in [0.25, 0.3) is 5.88 Å². The number of aryl methyl sites for hydroxylation is 1. The third kappa shape index (κ3) is 3.77. The van der Waals surface area contributed by atoms with Gasteiger partial charge in [-0.1, -0.05) is 24.3 Å². The fourth-order valence-electron chi connectivity index (χ4n) is 3.88. The molecule has 1 atom stereocenters. The zero-order valence-corrected chi connectivity index (χ0v) is 17.6.